The van der Waals surface area contributed by atoms with Crippen LogP contribution < -0.4 is 9.62 Å². The van der Waals surface area contributed by atoms with Crippen molar-refractivity contribution in [2.24, 2.45) is 0 Å². The lowest BCUT2D eigenvalue weighted by Crippen LogP contribution is -2.53. The molecular formula is C30H32Cl3N3O4S. The van der Waals surface area contributed by atoms with Gasteiger partial charge in [0.1, 0.15) is 12.6 Å². The highest BCUT2D eigenvalue weighted by atomic mass is 35.5. The van der Waals surface area contributed by atoms with E-state index in [9.17, 15) is 18.0 Å². The molecule has 3 aromatic rings. The van der Waals surface area contributed by atoms with Crippen molar-refractivity contribution in [3.63, 3.8) is 0 Å². The quantitative estimate of drug-likeness (QED) is 0.254. The first-order chi connectivity index (χ1) is 19.6. The normalized spacial score (nSPS) is 14.4. The van der Waals surface area contributed by atoms with Gasteiger partial charge in [0.05, 0.1) is 10.6 Å². The number of hydrogen-bond donors (Lipinski definition) is 1. The van der Waals surface area contributed by atoms with E-state index in [1.54, 1.807) is 42.5 Å². The van der Waals surface area contributed by atoms with Crippen molar-refractivity contribution >= 4 is 62.3 Å². The number of benzene rings is 3. The SMILES string of the molecule is CC[C@H](C(=O)NC1CCCC1)N(Cc1ccccc1Cl)C(=O)CN(c1cccc(Cl)c1)S(=O)(=O)c1ccc(Cl)cc1. The van der Waals surface area contributed by atoms with E-state index in [1.807, 2.05) is 6.92 Å². The molecule has 0 unspecified atom stereocenters. The molecule has 0 saturated heterocycles. The summed E-state index contributed by atoms with van der Waals surface area (Å²) in [6.07, 6.45) is 4.20. The van der Waals surface area contributed by atoms with E-state index >= 15 is 0 Å². The summed E-state index contributed by atoms with van der Waals surface area (Å²) in [4.78, 5) is 29.0. The Morgan fingerprint density at radius 3 is 2.24 bits per heavy atom. The van der Waals surface area contributed by atoms with Crippen molar-refractivity contribution in [3.8, 4) is 0 Å². The van der Waals surface area contributed by atoms with Crippen LogP contribution in [0.4, 0.5) is 5.69 Å². The van der Waals surface area contributed by atoms with Crippen LogP contribution in [-0.2, 0) is 26.2 Å². The molecule has 0 spiro atoms. The first kappa shape index (κ1) is 31.2. The van der Waals surface area contributed by atoms with Crippen LogP contribution in [0.2, 0.25) is 15.1 Å². The summed E-state index contributed by atoms with van der Waals surface area (Å²) in [7, 11) is -4.23. The van der Waals surface area contributed by atoms with Gasteiger partial charge in [0.15, 0.2) is 0 Å². The van der Waals surface area contributed by atoms with Crippen LogP contribution in [0.15, 0.2) is 77.7 Å². The van der Waals surface area contributed by atoms with Crippen molar-refractivity contribution in [3.05, 3.63) is 93.4 Å². The average molecular weight is 637 g/mol. The van der Waals surface area contributed by atoms with Crippen molar-refractivity contribution in [1.29, 1.82) is 0 Å². The predicted molar refractivity (Wildman–Crippen MR) is 164 cm³/mol. The molecule has 1 aliphatic rings. The maximum atomic E-state index is 14.1. The van der Waals surface area contributed by atoms with Gasteiger partial charge < -0.3 is 10.2 Å². The topological polar surface area (TPSA) is 86.8 Å². The summed E-state index contributed by atoms with van der Waals surface area (Å²) in [5.74, 6) is -0.828. The number of sulfonamides is 1. The molecule has 1 aliphatic carbocycles. The third-order valence-corrected chi connectivity index (χ3v) is 9.81. The molecule has 0 bridgehead atoms. The first-order valence-electron chi connectivity index (χ1n) is 13.5. The van der Waals surface area contributed by atoms with Crippen molar-refractivity contribution in [2.75, 3.05) is 10.8 Å². The third-order valence-electron chi connectivity index (χ3n) is 7.16. The van der Waals surface area contributed by atoms with Gasteiger partial charge in [-0.1, -0.05) is 78.8 Å². The Morgan fingerprint density at radius 1 is 0.927 bits per heavy atom. The summed E-state index contributed by atoms with van der Waals surface area (Å²) in [6.45, 7) is 1.29. The average Bonchev–Trinajstić information content (AvgIpc) is 3.45. The van der Waals surface area contributed by atoms with Crippen LogP contribution in [-0.4, -0.2) is 43.8 Å². The number of nitrogens with zero attached hydrogens (tertiary/aromatic N) is 2. The van der Waals surface area contributed by atoms with Gasteiger partial charge in [-0.25, -0.2) is 8.42 Å². The number of anilines is 1. The van der Waals surface area contributed by atoms with E-state index in [1.165, 1.54) is 35.2 Å². The molecule has 4 rings (SSSR count). The Labute approximate surface area is 256 Å². The molecule has 0 radical (unpaired) electrons. The fourth-order valence-corrected chi connectivity index (χ4v) is 6.90. The van der Waals surface area contributed by atoms with Gasteiger partial charge in [-0.3, -0.25) is 13.9 Å². The van der Waals surface area contributed by atoms with Gasteiger partial charge in [-0.15, -0.1) is 0 Å². The number of carbonyl (C=O) groups excluding carboxylic acids is 2. The summed E-state index contributed by atoms with van der Waals surface area (Å²) < 4.78 is 28.8. The summed E-state index contributed by atoms with van der Waals surface area (Å²) >= 11 is 18.7. The second-order valence-corrected chi connectivity index (χ2v) is 13.1. The summed E-state index contributed by atoms with van der Waals surface area (Å²) in [5, 5.41) is 4.21. The zero-order valence-electron chi connectivity index (χ0n) is 22.6. The van der Waals surface area contributed by atoms with E-state index in [0.29, 0.717) is 27.1 Å². The largest absolute Gasteiger partial charge is 0.352 e. The van der Waals surface area contributed by atoms with Gasteiger partial charge in [-0.2, -0.15) is 0 Å². The van der Waals surface area contributed by atoms with E-state index in [4.69, 9.17) is 34.8 Å². The van der Waals surface area contributed by atoms with E-state index in [2.05, 4.69) is 5.32 Å². The molecule has 1 N–H and O–H groups in total. The molecule has 1 saturated carbocycles. The minimum Gasteiger partial charge on any atom is -0.352 e. The lowest BCUT2D eigenvalue weighted by molar-refractivity contribution is -0.140. The highest BCUT2D eigenvalue weighted by Crippen LogP contribution is 2.28. The number of amides is 2. The molecule has 7 nitrogen and oxygen atoms in total. The predicted octanol–water partition coefficient (Wildman–Crippen LogP) is 6.71. The zero-order valence-corrected chi connectivity index (χ0v) is 25.7. The molecule has 1 fully saturated rings. The number of nitrogens with one attached hydrogen (secondary N) is 1. The molecule has 0 aromatic heterocycles. The highest BCUT2D eigenvalue weighted by Gasteiger charge is 2.35. The van der Waals surface area contributed by atoms with E-state index in [-0.39, 0.29) is 29.1 Å². The Bertz CT molecular complexity index is 1480. The number of hydrogen-bond acceptors (Lipinski definition) is 4. The number of rotatable bonds is 11. The van der Waals surface area contributed by atoms with Crippen LogP contribution in [0.3, 0.4) is 0 Å². The minimum atomic E-state index is -4.23. The van der Waals surface area contributed by atoms with Crippen LogP contribution in [0.25, 0.3) is 0 Å². The Balaban J connectivity index is 1.72. The van der Waals surface area contributed by atoms with Gasteiger partial charge in [0.25, 0.3) is 10.0 Å². The monoisotopic (exact) mass is 635 g/mol. The fourth-order valence-electron chi connectivity index (χ4n) is 4.99. The van der Waals surface area contributed by atoms with Gasteiger partial charge in [0.2, 0.25) is 11.8 Å². The molecule has 11 heteroatoms. The molecule has 2 amide bonds. The smallest absolute Gasteiger partial charge is 0.264 e. The second kappa shape index (κ2) is 13.9. The standard InChI is InChI=1S/C30H32Cl3N3O4S/c1-2-28(30(38)34-24-10-4-5-11-24)35(19-21-8-3-6-13-27(21)33)29(37)20-36(25-12-7-9-23(32)18-25)41(39,40)26-16-14-22(31)15-17-26/h3,6-9,12-18,24,28H,2,4-5,10-11,19-20H2,1H3,(H,34,38)/t28-/m1/s1. The lowest BCUT2D eigenvalue weighted by Gasteiger charge is -2.34. The van der Waals surface area contributed by atoms with Crippen LogP contribution in [0.1, 0.15) is 44.6 Å². The summed E-state index contributed by atoms with van der Waals surface area (Å²) in [6, 6.07) is 18.3. The van der Waals surface area contributed by atoms with E-state index in [0.717, 1.165) is 30.0 Å². The number of halogens is 3. The molecule has 1 atom stereocenters. The van der Waals surface area contributed by atoms with Crippen molar-refractivity contribution < 1.29 is 18.0 Å². The second-order valence-electron chi connectivity index (χ2n) is 9.97. The highest BCUT2D eigenvalue weighted by molar-refractivity contribution is 7.92. The Kier molecular flexibility index (Phi) is 10.6. The molecule has 0 aliphatic heterocycles. The maximum absolute atomic E-state index is 14.1. The lowest BCUT2D eigenvalue weighted by atomic mass is 10.1. The molecule has 41 heavy (non-hydrogen) atoms. The van der Waals surface area contributed by atoms with E-state index < -0.39 is 28.5 Å². The van der Waals surface area contributed by atoms with Crippen LogP contribution >= 0.6 is 34.8 Å². The zero-order chi connectivity index (χ0) is 29.6. The van der Waals surface area contributed by atoms with Crippen molar-refractivity contribution in [1.82, 2.24) is 10.2 Å². The van der Waals surface area contributed by atoms with Gasteiger partial charge >= 0.3 is 0 Å². The Morgan fingerprint density at radius 2 is 1.61 bits per heavy atom. The first-order valence-corrected chi connectivity index (χ1v) is 16.0. The summed E-state index contributed by atoms with van der Waals surface area (Å²) in [5.41, 5.74) is 0.853. The van der Waals surface area contributed by atoms with Crippen LogP contribution in [0, 0.1) is 0 Å². The molecule has 0 heterocycles. The molecule has 218 valence electrons. The van der Waals surface area contributed by atoms with Crippen LogP contribution in [0.5, 0.6) is 0 Å². The Hall–Kier alpha value is -2.78. The van der Waals surface area contributed by atoms with Gasteiger partial charge in [-0.05, 0) is 73.4 Å². The van der Waals surface area contributed by atoms with Gasteiger partial charge in [0, 0.05) is 27.7 Å². The third kappa shape index (κ3) is 7.74. The maximum Gasteiger partial charge on any atom is 0.264 e. The molecule has 3 aromatic carbocycles. The fraction of sp³-hybridized carbons (Fsp3) is 0.333. The van der Waals surface area contributed by atoms with Crippen molar-refractivity contribution in [2.45, 2.75) is 62.6 Å². The molecular weight excluding hydrogens is 605 g/mol. The number of carbonyl (C=O) groups is 2. The minimum absolute atomic E-state index is 0.0273.